The first-order chi connectivity index (χ1) is 6.99. The smallest absolute Gasteiger partial charge is 0.0295 e. The van der Waals surface area contributed by atoms with Crippen LogP contribution in [0.1, 0.15) is 49.4 Å². The quantitative estimate of drug-likeness (QED) is 0.796. The number of hydrogen-bond acceptors (Lipinski definition) is 1. The van der Waals surface area contributed by atoms with E-state index in [4.69, 9.17) is 5.73 Å². The molecule has 1 atom stereocenters. The average Bonchev–Trinajstić information content (AvgIpc) is 2.12. The predicted molar refractivity (Wildman–Crippen MR) is 66.9 cm³/mol. The van der Waals surface area contributed by atoms with Crippen molar-refractivity contribution in [2.24, 2.45) is 11.7 Å². The van der Waals surface area contributed by atoms with Crippen molar-refractivity contribution < 1.29 is 0 Å². The van der Waals surface area contributed by atoms with Gasteiger partial charge in [0.1, 0.15) is 0 Å². The fourth-order valence-electron chi connectivity index (χ4n) is 1.90. The van der Waals surface area contributed by atoms with E-state index in [-0.39, 0.29) is 6.04 Å². The van der Waals surface area contributed by atoms with E-state index in [0.29, 0.717) is 0 Å². The molecule has 0 saturated heterocycles. The minimum absolute atomic E-state index is 0.200. The summed E-state index contributed by atoms with van der Waals surface area (Å²) >= 11 is 0. The zero-order valence-corrected chi connectivity index (χ0v) is 10.4. The Morgan fingerprint density at radius 1 is 1.00 bits per heavy atom. The standard InChI is InChI=1S/C14H23N/c1-10(2)5-6-14(15)13-8-11(3)7-12(4)9-13/h7-10,14H,5-6,15H2,1-4H3. The second-order valence-corrected chi connectivity index (χ2v) is 5.00. The number of hydrogen-bond donors (Lipinski definition) is 1. The number of rotatable bonds is 4. The van der Waals surface area contributed by atoms with E-state index in [9.17, 15) is 0 Å². The van der Waals surface area contributed by atoms with Gasteiger partial charge in [0.25, 0.3) is 0 Å². The highest BCUT2D eigenvalue weighted by Crippen LogP contribution is 2.20. The summed E-state index contributed by atoms with van der Waals surface area (Å²) in [6.45, 7) is 8.75. The molecule has 1 heteroatoms. The first-order valence-electron chi connectivity index (χ1n) is 5.83. The van der Waals surface area contributed by atoms with Crippen molar-refractivity contribution in [3.63, 3.8) is 0 Å². The van der Waals surface area contributed by atoms with Gasteiger partial charge in [-0.05, 0) is 38.2 Å². The van der Waals surface area contributed by atoms with E-state index >= 15 is 0 Å². The van der Waals surface area contributed by atoms with E-state index in [2.05, 4.69) is 45.9 Å². The lowest BCUT2D eigenvalue weighted by atomic mass is 9.96. The summed E-state index contributed by atoms with van der Waals surface area (Å²) in [5, 5.41) is 0. The van der Waals surface area contributed by atoms with Gasteiger partial charge in [0.15, 0.2) is 0 Å². The predicted octanol–water partition coefficient (Wildman–Crippen LogP) is 3.74. The summed E-state index contributed by atoms with van der Waals surface area (Å²) in [4.78, 5) is 0. The fraction of sp³-hybridized carbons (Fsp3) is 0.571. The normalized spacial score (nSPS) is 13.2. The average molecular weight is 205 g/mol. The van der Waals surface area contributed by atoms with Crippen molar-refractivity contribution in [2.45, 2.75) is 46.6 Å². The second kappa shape index (κ2) is 5.32. The van der Waals surface area contributed by atoms with Gasteiger partial charge in [0.05, 0.1) is 0 Å². The van der Waals surface area contributed by atoms with Crippen molar-refractivity contribution in [3.8, 4) is 0 Å². The highest BCUT2D eigenvalue weighted by atomic mass is 14.6. The fourth-order valence-corrected chi connectivity index (χ4v) is 1.90. The van der Waals surface area contributed by atoms with Crippen LogP contribution in [0.15, 0.2) is 18.2 Å². The lowest BCUT2D eigenvalue weighted by Gasteiger charge is -2.14. The van der Waals surface area contributed by atoms with Crippen molar-refractivity contribution in [3.05, 3.63) is 34.9 Å². The molecule has 1 nitrogen and oxygen atoms in total. The van der Waals surface area contributed by atoms with Crippen LogP contribution in [0.4, 0.5) is 0 Å². The van der Waals surface area contributed by atoms with Crippen molar-refractivity contribution in [1.82, 2.24) is 0 Å². The molecule has 1 aromatic rings. The van der Waals surface area contributed by atoms with Crippen LogP contribution >= 0.6 is 0 Å². The van der Waals surface area contributed by atoms with E-state index in [0.717, 1.165) is 12.3 Å². The summed E-state index contributed by atoms with van der Waals surface area (Å²) in [6, 6.07) is 6.81. The Bertz CT molecular complexity index is 295. The molecule has 0 radical (unpaired) electrons. The SMILES string of the molecule is Cc1cc(C)cc(C(N)CCC(C)C)c1. The lowest BCUT2D eigenvalue weighted by Crippen LogP contribution is -2.11. The summed E-state index contributed by atoms with van der Waals surface area (Å²) in [5.74, 6) is 0.738. The Balaban J connectivity index is 2.68. The van der Waals surface area contributed by atoms with Gasteiger partial charge >= 0.3 is 0 Å². The van der Waals surface area contributed by atoms with Gasteiger partial charge in [-0.3, -0.25) is 0 Å². The molecule has 2 N–H and O–H groups in total. The van der Waals surface area contributed by atoms with Crippen molar-refractivity contribution in [2.75, 3.05) is 0 Å². The van der Waals surface area contributed by atoms with E-state index in [1.165, 1.54) is 23.1 Å². The number of aryl methyl sites for hydroxylation is 2. The Morgan fingerprint density at radius 3 is 2.00 bits per heavy atom. The topological polar surface area (TPSA) is 26.0 Å². The number of benzene rings is 1. The van der Waals surface area contributed by atoms with Crippen LogP contribution in [0.25, 0.3) is 0 Å². The van der Waals surface area contributed by atoms with Crippen LogP contribution in [0, 0.1) is 19.8 Å². The molecule has 0 aromatic heterocycles. The summed E-state index contributed by atoms with van der Waals surface area (Å²) in [6.07, 6.45) is 2.29. The summed E-state index contributed by atoms with van der Waals surface area (Å²) in [7, 11) is 0. The Labute approximate surface area is 93.7 Å². The monoisotopic (exact) mass is 205 g/mol. The van der Waals surface area contributed by atoms with Gasteiger partial charge in [-0.2, -0.15) is 0 Å². The van der Waals surface area contributed by atoms with Gasteiger partial charge in [0.2, 0.25) is 0 Å². The van der Waals surface area contributed by atoms with Crippen LogP contribution in [-0.2, 0) is 0 Å². The van der Waals surface area contributed by atoms with Crippen LogP contribution in [0.3, 0.4) is 0 Å². The third kappa shape index (κ3) is 4.05. The molecule has 0 aliphatic heterocycles. The minimum Gasteiger partial charge on any atom is -0.324 e. The third-order valence-corrected chi connectivity index (χ3v) is 2.73. The zero-order valence-electron chi connectivity index (χ0n) is 10.4. The Kier molecular flexibility index (Phi) is 4.34. The van der Waals surface area contributed by atoms with Gasteiger partial charge in [-0.15, -0.1) is 0 Å². The summed E-state index contributed by atoms with van der Waals surface area (Å²) in [5.41, 5.74) is 10.1. The highest BCUT2D eigenvalue weighted by molar-refractivity contribution is 5.30. The van der Waals surface area contributed by atoms with E-state index in [1.54, 1.807) is 0 Å². The molecular formula is C14H23N. The molecule has 84 valence electrons. The lowest BCUT2D eigenvalue weighted by molar-refractivity contribution is 0.507. The molecule has 0 spiro atoms. The maximum Gasteiger partial charge on any atom is 0.0295 e. The van der Waals surface area contributed by atoms with Gasteiger partial charge in [0, 0.05) is 6.04 Å². The highest BCUT2D eigenvalue weighted by Gasteiger charge is 2.07. The molecule has 0 fully saturated rings. The van der Waals surface area contributed by atoms with Crippen LogP contribution in [0.2, 0.25) is 0 Å². The van der Waals surface area contributed by atoms with Gasteiger partial charge < -0.3 is 5.73 Å². The second-order valence-electron chi connectivity index (χ2n) is 5.00. The Hall–Kier alpha value is -0.820. The summed E-state index contributed by atoms with van der Waals surface area (Å²) < 4.78 is 0. The molecule has 0 aliphatic carbocycles. The number of nitrogens with two attached hydrogens (primary N) is 1. The zero-order chi connectivity index (χ0) is 11.4. The van der Waals surface area contributed by atoms with Crippen LogP contribution in [-0.4, -0.2) is 0 Å². The maximum atomic E-state index is 6.18. The van der Waals surface area contributed by atoms with E-state index < -0.39 is 0 Å². The molecule has 0 bridgehead atoms. The van der Waals surface area contributed by atoms with Crippen molar-refractivity contribution in [1.29, 1.82) is 0 Å². The first-order valence-corrected chi connectivity index (χ1v) is 5.83. The first kappa shape index (κ1) is 12.3. The molecule has 0 saturated carbocycles. The van der Waals surface area contributed by atoms with Crippen LogP contribution < -0.4 is 5.73 Å². The van der Waals surface area contributed by atoms with Crippen molar-refractivity contribution >= 4 is 0 Å². The minimum atomic E-state index is 0.200. The molecule has 1 rings (SSSR count). The molecule has 15 heavy (non-hydrogen) atoms. The van der Waals surface area contributed by atoms with Gasteiger partial charge in [-0.25, -0.2) is 0 Å². The van der Waals surface area contributed by atoms with Crippen LogP contribution in [0.5, 0.6) is 0 Å². The maximum absolute atomic E-state index is 6.18. The van der Waals surface area contributed by atoms with Gasteiger partial charge in [-0.1, -0.05) is 43.2 Å². The molecule has 0 aliphatic rings. The Morgan fingerprint density at radius 2 is 1.53 bits per heavy atom. The molecule has 1 aromatic carbocycles. The third-order valence-electron chi connectivity index (χ3n) is 2.73. The molecule has 0 heterocycles. The largest absolute Gasteiger partial charge is 0.324 e. The van der Waals surface area contributed by atoms with E-state index in [1.807, 2.05) is 0 Å². The molecule has 0 amide bonds. The molecular weight excluding hydrogens is 182 g/mol. The molecule has 1 unspecified atom stereocenters.